The number of aliphatic hydroxyl groups excluding tert-OH is 1. The van der Waals surface area contributed by atoms with Crippen molar-refractivity contribution in [1.29, 1.82) is 0 Å². The summed E-state index contributed by atoms with van der Waals surface area (Å²) >= 11 is 24.0. The van der Waals surface area contributed by atoms with Crippen LogP contribution in [0.1, 0.15) is 19.8 Å². The molecular formula is C18H18Cl4O5. The van der Waals surface area contributed by atoms with Gasteiger partial charge in [0.2, 0.25) is 0 Å². The molecule has 148 valence electrons. The van der Waals surface area contributed by atoms with Crippen LogP contribution in [0, 0.1) is 0 Å². The summed E-state index contributed by atoms with van der Waals surface area (Å²) in [6.45, 7) is 1.93. The average molecular weight is 456 g/mol. The van der Waals surface area contributed by atoms with E-state index in [1.165, 1.54) is 24.3 Å². The first-order valence-corrected chi connectivity index (χ1v) is 9.52. The van der Waals surface area contributed by atoms with Gasteiger partial charge in [0.1, 0.15) is 11.5 Å². The Morgan fingerprint density at radius 1 is 0.852 bits per heavy atom. The van der Waals surface area contributed by atoms with E-state index in [0.717, 1.165) is 0 Å². The Balaban J connectivity index is 1.85. The molecule has 2 rings (SSSR count). The van der Waals surface area contributed by atoms with Crippen molar-refractivity contribution in [2.24, 2.45) is 0 Å². The first-order valence-electron chi connectivity index (χ1n) is 8.01. The van der Waals surface area contributed by atoms with Crippen molar-refractivity contribution in [2.45, 2.75) is 32.0 Å². The molecule has 2 unspecified atom stereocenters. The zero-order chi connectivity index (χ0) is 20.1. The lowest BCUT2D eigenvalue weighted by Crippen LogP contribution is -2.22. The van der Waals surface area contributed by atoms with Crippen molar-refractivity contribution in [3.63, 3.8) is 0 Å². The van der Waals surface area contributed by atoms with Gasteiger partial charge in [-0.2, -0.15) is 0 Å². The lowest BCUT2D eigenvalue weighted by atomic mass is 10.1. The molecular weight excluding hydrogens is 438 g/mol. The molecule has 2 aromatic rings. The molecule has 0 aliphatic carbocycles. The number of halogens is 4. The minimum atomic E-state index is -0.718. The van der Waals surface area contributed by atoms with Gasteiger partial charge in [-0.15, -0.1) is 0 Å². The molecule has 0 bridgehead atoms. The van der Waals surface area contributed by atoms with Crippen molar-refractivity contribution >= 4 is 46.4 Å². The fourth-order valence-corrected chi connectivity index (χ4v) is 3.54. The van der Waals surface area contributed by atoms with Crippen LogP contribution in [0.25, 0.3) is 0 Å². The van der Waals surface area contributed by atoms with Crippen LogP contribution in [0.15, 0.2) is 24.3 Å². The van der Waals surface area contributed by atoms with Crippen LogP contribution < -0.4 is 9.47 Å². The molecule has 0 amide bonds. The van der Waals surface area contributed by atoms with Crippen molar-refractivity contribution in [2.75, 3.05) is 6.61 Å². The van der Waals surface area contributed by atoms with Gasteiger partial charge in [-0.25, -0.2) is 0 Å². The molecule has 0 fully saturated rings. The van der Waals surface area contributed by atoms with Gasteiger partial charge in [-0.3, -0.25) is 0 Å². The minimum absolute atomic E-state index is 0.0603. The monoisotopic (exact) mass is 454 g/mol. The molecule has 27 heavy (non-hydrogen) atoms. The molecule has 0 saturated carbocycles. The Hall–Kier alpha value is -1.24. The lowest BCUT2D eigenvalue weighted by Gasteiger charge is -2.20. The van der Waals surface area contributed by atoms with E-state index < -0.39 is 6.10 Å². The number of aromatic hydroxyl groups is 2. The first-order chi connectivity index (χ1) is 12.7. The zero-order valence-electron chi connectivity index (χ0n) is 14.3. The van der Waals surface area contributed by atoms with Gasteiger partial charge in [0.25, 0.3) is 0 Å². The number of hydrogen-bond donors (Lipinski definition) is 3. The lowest BCUT2D eigenvalue weighted by molar-refractivity contribution is 0.0848. The van der Waals surface area contributed by atoms with Crippen molar-refractivity contribution in [3.8, 4) is 23.0 Å². The number of rotatable bonds is 8. The standard InChI is InChI=1S/C18H18Cl4O5/c1-9(27-18-15(21)7-12(25)8-16(18)22)4-10(23)2-3-26-17-13(19)5-11(24)6-14(17)20/h5-10,23-25H,2-4H2,1H3. The number of ether oxygens (including phenoxy) is 2. The molecule has 0 radical (unpaired) electrons. The van der Waals surface area contributed by atoms with Crippen LogP contribution in [0.5, 0.6) is 23.0 Å². The summed E-state index contributed by atoms with van der Waals surface area (Å²) in [4.78, 5) is 0. The van der Waals surface area contributed by atoms with Crippen molar-refractivity contribution < 1.29 is 24.8 Å². The van der Waals surface area contributed by atoms with E-state index in [1.807, 2.05) is 0 Å². The van der Waals surface area contributed by atoms with Crippen molar-refractivity contribution in [3.05, 3.63) is 44.4 Å². The van der Waals surface area contributed by atoms with Gasteiger partial charge in [0.05, 0.1) is 38.9 Å². The smallest absolute Gasteiger partial charge is 0.157 e. The zero-order valence-corrected chi connectivity index (χ0v) is 17.3. The Morgan fingerprint density at radius 3 is 1.78 bits per heavy atom. The van der Waals surface area contributed by atoms with E-state index in [-0.39, 0.29) is 55.8 Å². The maximum absolute atomic E-state index is 10.2. The Bertz CT molecular complexity index is 753. The molecule has 3 N–H and O–H groups in total. The van der Waals surface area contributed by atoms with E-state index in [2.05, 4.69) is 0 Å². The Labute approximate surface area is 177 Å². The highest BCUT2D eigenvalue weighted by Crippen LogP contribution is 2.38. The minimum Gasteiger partial charge on any atom is -0.508 e. The maximum Gasteiger partial charge on any atom is 0.157 e. The largest absolute Gasteiger partial charge is 0.508 e. The van der Waals surface area contributed by atoms with Crippen LogP contribution in [0.4, 0.5) is 0 Å². The van der Waals surface area contributed by atoms with Gasteiger partial charge in [0, 0.05) is 37.1 Å². The number of aliphatic hydroxyl groups is 1. The van der Waals surface area contributed by atoms with E-state index >= 15 is 0 Å². The number of phenols is 2. The fourth-order valence-electron chi connectivity index (χ4n) is 2.39. The fraction of sp³-hybridized carbons (Fsp3) is 0.333. The third-order valence-corrected chi connectivity index (χ3v) is 4.71. The molecule has 0 spiro atoms. The van der Waals surface area contributed by atoms with Crippen LogP contribution in [0.2, 0.25) is 20.1 Å². The van der Waals surface area contributed by atoms with Gasteiger partial charge in [-0.1, -0.05) is 46.4 Å². The normalized spacial score (nSPS) is 13.3. The van der Waals surface area contributed by atoms with Gasteiger partial charge >= 0.3 is 0 Å². The van der Waals surface area contributed by atoms with Gasteiger partial charge in [0.15, 0.2) is 11.5 Å². The Morgan fingerprint density at radius 2 is 1.30 bits per heavy atom. The molecule has 2 atom stereocenters. The second kappa shape index (κ2) is 9.80. The van der Waals surface area contributed by atoms with Gasteiger partial charge in [-0.05, 0) is 6.92 Å². The SMILES string of the molecule is CC(CC(O)CCOc1c(Cl)cc(O)cc1Cl)Oc1c(Cl)cc(O)cc1Cl. The molecule has 0 heterocycles. The molecule has 0 aliphatic rings. The molecule has 0 aliphatic heterocycles. The predicted molar refractivity (Wildman–Crippen MR) is 107 cm³/mol. The summed E-state index contributed by atoms with van der Waals surface area (Å²) in [6, 6.07) is 5.29. The van der Waals surface area contributed by atoms with Crippen LogP contribution >= 0.6 is 46.4 Å². The topological polar surface area (TPSA) is 79.2 Å². The average Bonchev–Trinajstić information content (AvgIpc) is 2.53. The van der Waals surface area contributed by atoms with Crippen molar-refractivity contribution in [1.82, 2.24) is 0 Å². The molecule has 0 saturated heterocycles. The van der Waals surface area contributed by atoms with Crippen LogP contribution in [-0.4, -0.2) is 34.1 Å². The number of phenolic OH excluding ortho intramolecular Hbond substituents is 2. The highest BCUT2D eigenvalue weighted by molar-refractivity contribution is 6.38. The van der Waals surface area contributed by atoms with E-state index in [0.29, 0.717) is 12.8 Å². The third-order valence-electron chi connectivity index (χ3n) is 3.59. The summed E-state index contributed by atoms with van der Waals surface area (Å²) in [5.41, 5.74) is 0. The van der Waals surface area contributed by atoms with Crippen LogP contribution in [0.3, 0.4) is 0 Å². The number of hydrogen-bond acceptors (Lipinski definition) is 5. The molecule has 0 aromatic heterocycles. The third kappa shape index (κ3) is 6.40. The second-order valence-corrected chi connectivity index (χ2v) is 7.56. The summed E-state index contributed by atoms with van der Waals surface area (Å²) in [7, 11) is 0. The molecule has 2 aromatic carbocycles. The van der Waals surface area contributed by atoms with Gasteiger partial charge < -0.3 is 24.8 Å². The first kappa shape index (κ1) is 22.1. The highest BCUT2D eigenvalue weighted by atomic mass is 35.5. The summed E-state index contributed by atoms with van der Waals surface area (Å²) in [6.07, 6.45) is -0.503. The van der Waals surface area contributed by atoms with Crippen LogP contribution in [-0.2, 0) is 0 Å². The summed E-state index contributed by atoms with van der Waals surface area (Å²) in [5, 5.41) is 29.7. The summed E-state index contributed by atoms with van der Waals surface area (Å²) in [5.74, 6) is 0.369. The van der Waals surface area contributed by atoms with E-state index in [4.69, 9.17) is 55.9 Å². The molecule has 9 heteroatoms. The maximum atomic E-state index is 10.2. The number of benzene rings is 2. The summed E-state index contributed by atoms with van der Waals surface area (Å²) < 4.78 is 11.2. The van der Waals surface area contributed by atoms with E-state index in [1.54, 1.807) is 6.92 Å². The quantitative estimate of drug-likeness (QED) is 0.475. The van der Waals surface area contributed by atoms with E-state index in [9.17, 15) is 15.3 Å². The highest BCUT2D eigenvalue weighted by Gasteiger charge is 2.17. The second-order valence-electron chi connectivity index (χ2n) is 5.93. The molecule has 5 nitrogen and oxygen atoms in total. The Kier molecular flexibility index (Phi) is 8.01. The predicted octanol–water partition coefficient (Wildman–Crippen LogP) is 5.70.